The third-order valence-electron chi connectivity index (χ3n) is 4.37. The summed E-state index contributed by atoms with van der Waals surface area (Å²) in [5.74, 6) is 0.958. The zero-order valence-electron chi connectivity index (χ0n) is 12.4. The van der Waals surface area contributed by atoms with E-state index in [0.717, 1.165) is 25.1 Å². The van der Waals surface area contributed by atoms with Crippen molar-refractivity contribution in [2.75, 3.05) is 32.6 Å². The van der Waals surface area contributed by atoms with E-state index in [4.69, 9.17) is 4.74 Å². The average Bonchev–Trinajstić information content (AvgIpc) is 3.12. The van der Waals surface area contributed by atoms with Crippen LogP contribution >= 0.6 is 11.8 Å². The first-order chi connectivity index (χ1) is 10.2. The summed E-state index contributed by atoms with van der Waals surface area (Å²) in [5, 5.41) is 6.63. The van der Waals surface area contributed by atoms with Crippen molar-refractivity contribution in [3.05, 3.63) is 29.8 Å². The number of thioether (sulfide) groups is 1. The number of hydrogen-bond donors (Lipinski definition) is 2. The van der Waals surface area contributed by atoms with E-state index in [1.165, 1.54) is 10.5 Å². The third-order valence-corrected chi connectivity index (χ3v) is 5.55. The number of methoxy groups -OCH3 is 1. The van der Waals surface area contributed by atoms with Crippen LogP contribution in [0.5, 0.6) is 0 Å². The van der Waals surface area contributed by atoms with Gasteiger partial charge >= 0.3 is 0 Å². The molecule has 2 atom stereocenters. The summed E-state index contributed by atoms with van der Waals surface area (Å²) in [6.07, 6.45) is 2.19. The lowest BCUT2D eigenvalue weighted by Gasteiger charge is -2.29. The van der Waals surface area contributed by atoms with Crippen molar-refractivity contribution in [2.24, 2.45) is 0 Å². The summed E-state index contributed by atoms with van der Waals surface area (Å²) >= 11 is 1.77. The Kier molecular flexibility index (Phi) is 4.52. The minimum Gasteiger partial charge on any atom is -0.383 e. The molecule has 2 N–H and O–H groups in total. The Hall–Kier alpha value is -1.04. The van der Waals surface area contributed by atoms with Crippen LogP contribution in [0.15, 0.2) is 29.2 Å². The number of fused-ring (bicyclic) bond motifs is 1. The first kappa shape index (κ1) is 14.9. The molecule has 0 spiro atoms. The maximum Gasteiger partial charge on any atom is 0.228 e. The Bertz CT molecular complexity index is 515. The lowest BCUT2D eigenvalue weighted by molar-refractivity contribution is -0.122. The van der Waals surface area contributed by atoms with Gasteiger partial charge in [-0.2, -0.15) is 0 Å². The molecule has 2 heterocycles. The van der Waals surface area contributed by atoms with Crippen molar-refractivity contribution in [3.63, 3.8) is 0 Å². The maximum absolute atomic E-state index is 12.5. The Balaban J connectivity index is 1.62. The Morgan fingerprint density at radius 1 is 1.52 bits per heavy atom. The summed E-state index contributed by atoms with van der Waals surface area (Å²) in [5.41, 5.74) is 1.08. The monoisotopic (exact) mass is 306 g/mol. The number of amides is 1. The molecule has 1 fully saturated rings. The molecular weight excluding hydrogens is 284 g/mol. The molecule has 2 aliphatic heterocycles. The largest absolute Gasteiger partial charge is 0.383 e. The van der Waals surface area contributed by atoms with Gasteiger partial charge in [-0.25, -0.2) is 0 Å². The van der Waals surface area contributed by atoms with E-state index in [-0.39, 0.29) is 17.4 Å². The molecule has 1 amide bonds. The molecule has 1 saturated heterocycles. The topological polar surface area (TPSA) is 50.4 Å². The van der Waals surface area contributed by atoms with Gasteiger partial charge in [0.05, 0.1) is 18.1 Å². The van der Waals surface area contributed by atoms with Gasteiger partial charge in [-0.3, -0.25) is 4.79 Å². The second kappa shape index (κ2) is 6.38. The summed E-state index contributed by atoms with van der Waals surface area (Å²) in [7, 11) is 1.72. The number of nitrogens with one attached hydrogen (secondary N) is 2. The Labute approximate surface area is 130 Å². The quantitative estimate of drug-likeness (QED) is 0.870. The normalized spacial score (nSPS) is 27.6. The van der Waals surface area contributed by atoms with Gasteiger partial charge < -0.3 is 15.4 Å². The van der Waals surface area contributed by atoms with E-state index in [9.17, 15) is 4.79 Å². The summed E-state index contributed by atoms with van der Waals surface area (Å²) in [6, 6.07) is 8.20. The molecule has 2 unspecified atom stereocenters. The third kappa shape index (κ3) is 3.10. The van der Waals surface area contributed by atoms with Gasteiger partial charge in [-0.15, -0.1) is 11.8 Å². The molecule has 0 bridgehead atoms. The second-order valence-electron chi connectivity index (χ2n) is 5.86. The van der Waals surface area contributed by atoms with Crippen LogP contribution in [0.25, 0.3) is 0 Å². The predicted molar refractivity (Wildman–Crippen MR) is 84.8 cm³/mol. The minimum absolute atomic E-state index is 0.0211. The molecule has 0 saturated carbocycles. The molecule has 1 aromatic rings. The van der Waals surface area contributed by atoms with Crippen molar-refractivity contribution in [1.82, 2.24) is 10.6 Å². The maximum atomic E-state index is 12.5. The van der Waals surface area contributed by atoms with Gasteiger partial charge in [0.1, 0.15) is 0 Å². The van der Waals surface area contributed by atoms with Crippen LogP contribution in [0.2, 0.25) is 0 Å². The predicted octanol–water partition coefficient (Wildman–Crippen LogP) is 1.76. The summed E-state index contributed by atoms with van der Waals surface area (Å²) in [4.78, 5) is 13.8. The highest BCUT2D eigenvalue weighted by Gasteiger charge is 2.35. The molecule has 3 rings (SSSR count). The summed E-state index contributed by atoms with van der Waals surface area (Å²) < 4.78 is 5.33. The molecule has 0 radical (unpaired) electrons. The van der Waals surface area contributed by atoms with Gasteiger partial charge in [0.25, 0.3) is 0 Å². The van der Waals surface area contributed by atoms with E-state index in [0.29, 0.717) is 13.2 Å². The molecule has 1 aromatic carbocycles. The van der Waals surface area contributed by atoms with Crippen LogP contribution in [0.1, 0.15) is 24.3 Å². The highest BCUT2D eigenvalue weighted by molar-refractivity contribution is 7.99. The van der Waals surface area contributed by atoms with E-state index in [2.05, 4.69) is 22.8 Å². The van der Waals surface area contributed by atoms with Crippen LogP contribution in [0, 0.1) is 0 Å². The van der Waals surface area contributed by atoms with Crippen molar-refractivity contribution in [2.45, 2.75) is 29.2 Å². The van der Waals surface area contributed by atoms with Crippen molar-refractivity contribution in [1.29, 1.82) is 0 Å². The highest BCUT2D eigenvalue weighted by Crippen LogP contribution is 2.39. The average molecular weight is 306 g/mol. The van der Waals surface area contributed by atoms with Crippen LogP contribution in [0.4, 0.5) is 0 Å². The van der Waals surface area contributed by atoms with Gasteiger partial charge in [-0.1, -0.05) is 18.2 Å². The Morgan fingerprint density at radius 3 is 3.14 bits per heavy atom. The van der Waals surface area contributed by atoms with E-state index < -0.39 is 0 Å². The molecular formula is C16H22N2O2S. The van der Waals surface area contributed by atoms with Gasteiger partial charge in [0.15, 0.2) is 0 Å². The molecule has 114 valence electrons. The van der Waals surface area contributed by atoms with Gasteiger partial charge in [0, 0.05) is 24.3 Å². The molecule has 4 nitrogen and oxygen atoms in total. The smallest absolute Gasteiger partial charge is 0.228 e. The molecule has 5 heteroatoms. The lowest BCUT2D eigenvalue weighted by Crippen LogP contribution is -2.53. The standard InChI is InChI=1S/C16H22N2O2S/c1-20-11-16(7-4-8-18-16)10-17-15(19)13-9-21-14-6-3-2-5-12(13)14/h2-3,5-6,13,18H,4,7-11H2,1H3,(H,17,19). The first-order valence-corrected chi connectivity index (χ1v) is 8.46. The highest BCUT2D eigenvalue weighted by atomic mass is 32.2. The number of carbonyl (C=O) groups is 1. The Morgan fingerprint density at radius 2 is 2.38 bits per heavy atom. The number of rotatable bonds is 5. The van der Waals surface area contributed by atoms with E-state index >= 15 is 0 Å². The number of ether oxygens (including phenoxy) is 1. The van der Waals surface area contributed by atoms with Crippen molar-refractivity contribution < 1.29 is 9.53 Å². The second-order valence-corrected chi connectivity index (χ2v) is 6.92. The molecule has 21 heavy (non-hydrogen) atoms. The number of carbonyl (C=O) groups excluding carboxylic acids is 1. The molecule has 0 aromatic heterocycles. The first-order valence-electron chi connectivity index (χ1n) is 7.47. The number of hydrogen-bond acceptors (Lipinski definition) is 4. The molecule has 2 aliphatic rings. The van der Waals surface area contributed by atoms with Gasteiger partial charge in [-0.05, 0) is 31.0 Å². The van der Waals surface area contributed by atoms with E-state index in [1.807, 2.05) is 12.1 Å². The summed E-state index contributed by atoms with van der Waals surface area (Å²) in [6.45, 7) is 2.29. The fourth-order valence-corrected chi connectivity index (χ4v) is 4.46. The SMILES string of the molecule is COCC1(CNC(=O)C2CSc3ccccc32)CCCN1. The zero-order chi connectivity index (χ0) is 14.7. The molecule has 0 aliphatic carbocycles. The van der Waals surface area contributed by atoms with Crippen LogP contribution in [-0.4, -0.2) is 44.0 Å². The van der Waals surface area contributed by atoms with Crippen molar-refractivity contribution in [3.8, 4) is 0 Å². The number of benzene rings is 1. The van der Waals surface area contributed by atoms with E-state index in [1.54, 1.807) is 18.9 Å². The zero-order valence-corrected chi connectivity index (χ0v) is 13.2. The fourth-order valence-electron chi connectivity index (χ4n) is 3.23. The van der Waals surface area contributed by atoms with Gasteiger partial charge in [0.2, 0.25) is 5.91 Å². The van der Waals surface area contributed by atoms with Crippen LogP contribution in [0.3, 0.4) is 0 Å². The van der Waals surface area contributed by atoms with Crippen LogP contribution < -0.4 is 10.6 Å². The lowest BCUT2D eigenvalue weighted by atomic mass is 9.97. The fraction of sp³-hybridized carbons (Fsp3) is 0.562. The minimum atomic E-state index is -0.0876. The van der Waals surface area contributed by atoms with Crippen LogP contribution in [-0.2, 0) is 9.53 Å². The van der Waals surface area contributed by atoms with Crippen molar-refractivity contribution >= 4 is 17.7 Å².